The molecule has 0 unspecified atom stereocenters. The number of methoxy groups -OCH3 is 1. The molecular formula is C18H15N5O4. The van der Waals surface area contributed by atoms with Crippen LogP contribution in [0.1, 0.15) is 16.8 Å². The third-order valence-corrected chi connectivity index (χ3v) is 4.91. The Kier molecular flexibility index (Phi) is 3.46. The second kappa shape index (κ2) is 5.60. The Balaban J connectivity index is 2.07. The summed E-state index contributed by atoms with van der Waals surface area (Å²) in [4.78, 5) is 26.9. The molecule has 3 heterocycles. The van der Waals surface area contributed by atoms with E-state index >= 15 is 0 Å². The number of aryl methyl sites for hydroxylation is 1. The maximum atomic E-state index is 13.7. The van der Waals surface area contributed by atoms with Crippen molar-refractivity contribution in [3.05, 3.63) is 52.5 Å². The van der Waals surface area contributed by atoms with Crippen molar-refractivity contribution in [2.75, 3.05) is 18.6 Å². The highest BCUT2D eigenvalue weighted by atomic mass is 16.5. The first kappa shape index (κ1) is 16.7. The van der Waals surface area contributed by atoms with Gasteiger partial charge in [0.25, 0.3) is 0 Å². The number of carbonyl (C=O) groups excluding carboxylic acids is 2. The van der Waals surface area contributed by atoms with Crippen molar-refractivity contribution in [1.29, 1.82) is 5.26 Å². The summed E-state index contributed by atoms with van der Waals surface area (Å²) < 4.78 is 10.2. The minimum absolute atomic E-state index is 0.0377. The van der Waals surface area contributed by atoms with Gasteiger partial charge in [-0.3, -0.25) is 19.6 Å². The van der Waals surface area contributed by atoms with Crippen LogP contribution in [0.5, 0.6) is 5.88 Å². The summed E-state index contributed by atoms with van der Waals surface area (Å²) in [5, 5.41) is 16.7. The van der Waals surface area contributed by atoms with E-state index < -0.39 is 17.3 Å². The molecule has 1 spiro atoms. The molecule has 9 nitrogen and oxygen atoms in total. The second-order valence-corrected chi connectivity index (χ2v) is 6.22. The molecule has 3 N–H and O–H groups in total. The van der Waals surface area contributed by atoms with Crippen LogP contribution < -0.4 is 15.4 Å². The van der Waals surface area contributed by atoms with Gasteiger partial charge in [0.1, 0.15) is 23.6 Å². The molecule has 0 bridgehead atoms. The highest BCUT2D eigenvalue weighted by Crippen LogP contribution is 2.55. The molecule has 1 aromatic heterocycles. The first-order valence-corrected chi connectivity index (χ1v) is 8.08. The van der Waals surface area contributed by atoms with Crippen LogP contribution in [0, 0.1) is 18.3 Å². The third-order valence-electron chi connectivity index (χ3n) is 4.91. The number of benzene rings is 1. The number of nitrogens with zero attached hydrogens (tertiary/aromatic N) is 3. The zero-order chi connectivity index (χ0) is 19.3. The number of amides is 1. The van der Waals surface area contributed by atoms with Crippen molar-refractivity contribution in [3.8, 4) is 11.9 Å². The lowest BCUT2D eigenvalue weighted by atomic mass is 9.69. The van der Waals surface area contributed by atoms with Gasteiger partial charge in [-0.05, 0) is 13.0 Å². The lowest BCUT2D eigenvalue weighted by Gasteiger charge is -2.32. The number of nitrogens with one attached hydrogen (secondary N) is 1. The van der Waals surface area contributed by atoms with E-state index in [1.807, 2.05) is 6.07 Å². The van der Waals surface area contributed by atoms with Crippen LogP contribution in [-0.4, -0.2) is 35.7 Å². The number of nitrogens with two attached hydrogens (primary N) is 1. The number of hydrogen-bond donors (Lipinski definition) is 2. The quantitative estimate of drug-likeness (QED) is 0.745. The summed E-state index contributed by atoms with van der Waals surface area (Å²) in [5.41, 5.74) is 6.42. The number of carbonyl (C=O) groups is 2. The number of H-pyrrole nitrogens is 1. The van der Waals surface area contributed by atoms with E-state index in [-0.39, 0.29) is 23.9 Å². The molecule has 0 saturated carbocycles. The van der Waals surface area contributed by atoms with Crippen LogP contribution in [0.15, 0.2) is 35.7 Å². The van der Waals surface area contributed by atoms with Gasteiger partial charge in [-0.2, -0.15) is 5.26 Å². The van der Waals surface area contributed by atoms with Gasteiger partial charge in [-0.1, -0.05) is 18.2 Å². The van der Waals surface area contributed by atoms with E-state index in [4.69, 9.17) is 15.2 Å². The fraction of sp³-hybridized carbons (Fsp3) is 0.222. The van der Waals surface area contributed by atoms with Crippen molar-refractivity contribution in [1.82, 2.24) is 10.2 Å². The first-order chi connectivity index (χ1) is 13.0. The minimum Gasteiger partial charge on any atom is -0.468 e. The van der Waals surface area contributed by atoms with Crippen LogP contribution in [-0.2, 0) is 19.7 Å². The van der Waals surface area contributed by atoms with Gasteiger partial charge in [-0.15, -0.1) is 5.10 Å². The first-order valence-electron chi connectivity index (χ1n) is 8.08. The van der Waals surface area contributed by atoms with E-state index in [9.17, 15) is 14.9 Å². The molecule has 27 heavy (non-hydrogen) atoms. The van der Waals surface area contributed by atoms with Crippen LogP contribution in [0.3, 0.4) is 0 Å². The largest absolute Gasteiger partial charge is 0.468 e. The normalized spacial score (nSPS) is 20.2. The minimum atomic E-state index is -1.53. The van der Waals surface area contributed by atoms with Gasteiger partial charge >= 0.3 is 5.97 Å². The van der Waals surface area contributed by atoms with Crippen LogP contribution in [0.2, 0.25) is 0 Å². The van der Waals surface area contributed by atoms with Crippen molar-refractivity contribution < 1.29 is 19.1 Å². The summed E-state index contributed by atoms with van der Waals surface area (Å²) >= 11 is 0. The molecule has 0 radical (unpaired) electrons. The maximum Gasteiger partial charge on any atom is 0.325 e. The smallest absolute Gasteiger partial charge is 0.325 e. The Bertz CT molecular complexity index is 1060. The second-order valence-electron chi connectivity index (χ2n) is 6.22. The Morgan fingerprint density at radius 3 is 2.93 bits per heavy atom. The highest BCUT2D eigenvalue weighted by Gasteiger charge is 2.60. The van der Waals surface area contributed by atoms with Crippen molar-refractivity contribution >= 4 is 17.6 Å². The lowest BCUT2D eigenvalue weighted by Crippen LogP contribution is -2.47. The van der Waals surface area contributed by atoms with E-state index in [1.54, 1.807) is 31.2 Å². The molecule has 0 aliphatic carbocycles. The average Bonchev–Trinajstić information content (AvgIpc) is 3.14. The summed E-state index contributed by atoms with van der Waals surface area (Å²) in [5.74, 6) is -1.13. The zero-order valence-electron chi connectivity index (χ0n) is 14.6. The number of ether oxygens (including phenoxy) is 2. The highest BCUT2D eigenvalue weighted by molar-refractivity contribution is 6.15. The average molecular weight is 365 g/mol. The van der Waals surface area contributed by atoms with Gasteiger partial charge < -0.3 is 15.2 Å². The number of rotatable bonds is 2. The van der Waals surface area contributed by atoms with Gasteiger partial charge in [0.05, 0.1) is 12.7 Å². The molecule has 9 heteroatoms. The van der Waals surface area contributed by atoms with E-state index in [0.29, 0.717) is 22.5 Å². The Morgan fingerprint density at radius 2 is 2.22 bits per heavy atom. The molecule has 4 rings (SSSR count). The predicted octanol–water partition coefficient (Wildman–Crippen LogP) is 0.610. The summed E-state index contributed by atoms with van der Waals surface area (Å²) in [6.45, 7) is 1.44. The maximum absolute atomic E-state index is 13.7. The van der Waals surface area contributed by atoms with Crippen LogP contribution in [0.25, 0.3) is 0 Å². The molecule has 1 amide bonds. The SMILES string of the molecule is COC(=O)CN1C(=O)[C@@]2(C(C#N)=C(N)Oc3n[nH]c(C)c32)c2ccccc21. The number of para-hydroxylation sites is 1. The number of esters is 1. The number of hydrogen-bond acceptors (Lipinski definition) is 7. The molecule has 0 saturated heterocycles. The van der Waals surface area contributed by atoms with E-state index in [0.717, 1.165) is 0 Å². The fourth-order valence-electron chi connectivity index (χ4n) is 3.81. The number of aromatic nitrogens is 2. The predicted molar refractivity (Wildman–Crippen MR) is 92.4 cm³/mol. The lowest BCUT2D eigenvalue weighted by molar-refractivity contribution is -0.140. The van der Waals surface area contributed by atoms with Crippen molar-refractivity contribution in [2.24, 2.45) is 5.73 Å². The fourth-order valence-corrected chi connectivity index (χ4v) is 3.81. The molecule has 2 aromatic rings. The number of aromatic amines is 1. The standard InChI is InChI=1S/C18H15N5O4/c1-9-14-16(22-21-9)27-15(20)11(7-19)18(14)10-5-3-4-6-12(10)23(17(18)25)8-13(24)26-2/h3-6H,8,20H2,1-2H3,(H,21,22)/t18-/m1/s1. The monoisotopic (exact) mass is 365 g/mol. The molecule has 2 aliphatic rings. The molecule has 1 aromatic carbocycles. The topological polar surface area (TPSA) is 134 Å². The molecule has 136 valence electrons. The summed E-state index contributed by atoms with van der Waals surface area (Å²) in [6.07, 6.45) is 0. The number of nitriles is 1. The van der Waals surface area contributed by atoms with Crippen molar-refractivity contribution in [2.45, 2.75) is 12.3 Å². The van der Waals surface area contributed by atoms with Gasteiger partial charge in [0, 0.05) is 16.9 Å². The molecule has 0 fully saturated rings. The third kappa shape index (κ3) is 1.95. The molecule has 2 aliphatic heterocycles. The van der Waals surface area contributed by atoms with Crippen molar-refractivity contribution in [3.63, 3.8) is 0 Å². The Morgan fingerprint density at radius 1 is 1.48 bits per heavy atom. The number of fused-ring (bicyclic) bond motifs is 4. The van der Waals surface area contributed by atoms with Crippen LogP contribution in [0.4, 0.5) is 5.69 Å². The van der Waals surface area contributed by atoms with E-state index in [2.05, 4.69) is 10.2 Å². The molecule has 1 atom stereocenters. The van der Waals surface area contributed by atoms with Crippen LogP contribution >= 0.6 is 0 Å². The van der Waals surface area contributed by atoms with Gasteiger partial charge in [0.2, 0.25) is 17.7 Å². The number of anilines is 1. The Hall–Kier alpha value is -3.80. The summed E-state index contributed by atoms with van der Waals surface area (Å²) in [6, 6.07) is 8.97. The Labute approximate surface area is 154 Å². The zero-order valence-corrected chi connectivity index (χ0v) is 14.6. The van der Waals surface area contributed by atoms with Gasteiger partial charge in [0.15, 0.2) is 0 Å². The van der Waals surface area contributed by atoms with Gasteiger partial charge in [-0.25, -0.2) is 0 Å². The summed E-state index contributed by atoms with van der Waals surface area (Å²) in [7, 11) is 1.25. The molecular weight excluding hydrogens is 350 g/mol. The van der Waals surface area contributed by atoms with E-state index in [1.165, 1.54) is 12.0 Å².